The van der Waals surface area contributed by atoms with Crippen molar-refractivity contribution in [2.24, 2.45) is 5.73 Å². The highest BCUT2D eigenvalue weighted by atomic mass is 19.4. The highest BCUT2D eigenvalue weighted by molar-refractivity contribution is 5.81. The summed E-state index contributed by atoms with van der Waals surface area (Å²) >= 11 is 0. The lowest BCUT2D eigenvalue weighted by Gasteiger charge is -2.32. The predicted molar refractivity (Wildman–Crippen MR) is 217 cm³/mol. The van der Waals surface area contributed by atoms with Crippen molar-refractivity contribution in [3.63, 3.8) is 0 Å². The smallest absolute Gasteiger partial charge is 0.475 e. The molecule has 6 saturated heterocycles. The lowest BCUT2D eigenvalue weighted by atomic mass is 9.97. The Labute approximate surface area is 385 Å². The fourth-order valence-corrected chi connectivity index (χ4v) is 8.76. The Morgan fingerprint density at radius 2 is 1.04 bits per heavy atom. The predicted octanol–water partition coefficient (Wildman–Crippen LogP) is 0.855. The van der Waals surface area contributed by atoms with Gasteiger partial charge in [-0.1, -0.05) is 0 Å². The van der Waals surface area contributed by atoms with Gasteiger partial charge >= 0.3 is 24.2 Å². The van der Waals surface area contributed by atoms with Gasteiger partial charge in [0.1, 0.15) is 66.6 Å². The molecule has 384 valence electrons. The number of aliphatic carboxylic acids is 1. The summed E-state index contributed by atoms with van der Waals surface area (Å²) in [7, 11) is 4.15. The first-order valence-corrected chi connectivity index (χ1v) is 21.6. The molecule has 6 rings (SSSR count). The van der Waals surface area contributed by atoms with Crippen LogP contribution in [0.5, 0.6) is 0 Å². The molecule has 0 radical (unpaired) electrons. The van der Waals surface area contributed by atoms with E-state index in [9.17, 15) is 32.3 Å². The van der Waals surface area contributed by atoms with Crippen molar-refractivity contribution in [1.82, 2.24) is 16.0 Å². The number of nitrogens with one attached hydrogen (secondary N) is 3. The number of fused-ring (bicyclic) bond motifs is 3. The lowest BCUT2D eigenvalue weighted by Crippen LogP contribution is -2.55. The number of alkyl halides is 3. The maximum Gasteiger partial charge on any atom is 0.490 e. The molecule has 0 aliphatic carbocycles. The van der Waals surface area contributed by atoms with Gasteiger partial charge in [0.2, 0.25) is 11.8 Å². The number of carbonyl (C=O) groups is 5. The van der Waals surface area contributed by atoms with Crippen LogP contribution in [0.3, 0.4) is 0 Å². The van der Waals surface area contributed by atoms with E-state index in [1.165, 1.54) is 21.3 Å². The largest absolute Gasteiger partial charge is 0.490 e. The van der Waals surface area contributed by atoms with Crippen molar-refractivity contribution in [3.8, 4) is 0 Å². The molecule has 6 fully saturated rings. The van der Waals surface area contributed by atoms with E-state index in [1.54, 1.807) is 62.3 Å². The van der Waals surface area contributed by atoms with Crippen molar-refractivity contribution >= 4 is 29.8 Å². The fourth-order valence-electron chi connectivity index (χ4n) is 8.76. The number of nitrogens with two attached hydrogens (primary N) is 1. The number of carboxylic acid groups (broad SMARTS) is 1. The highest BCUT2D eigenvalue weighted by Gasteiger charge is 2.61. The molecule has 0 aromatic rings. The number of hydrogen-bond acceptors (Lipinski definition) is 19. The molecular formula is C41H65F3N4O19. The number of amides is 3. The second-order valence-electron chi connectivity index (χ2n) is 19.1. The molecule has 0 aromatic heterocycles. The molecule has 6 N–H and O–H groups in total. The summed E-state index contributed by atoms with van der Waals surface area (Å²) in [6.07, 6.45) is -15.6. The van der Waals surface area contributed by atoms with Crippen LogP contribution in [-0.2, 0) is 80.8 Å². The van der Waals surface area contributed by atoms with E-state index in [0.29, 0.717) is 0 Å². The summed E-state index contributed by atoms with van der Waals surface area (Å²) < 4.78 is 109. The van der Waals surface area contributed by atoms with E-state index >= 15 is 0 Å². The van der Waals surface area contributed by atoms with Gasteiger partial charge in [0, 0.05) is 39.6 Å². The van der Waals surface area contributed by atoms with E-state index in [1.807, 2.05) is 0 Å². The number of methoxy groups -OCH3 is 3. The van der Waals surface area contributed by atoms with Crippen molar-refractivity contribution < 1.29 is 104 Å². The van der Waals surface area contributed by atoms with Gasteiger partial charge in [-0.3, -0.25) is 14.4 Å². The molecule has 15 atom stereocenters. The van der Waals surface area contributed by atoms with Gasteiger partial charge in [0.15, 0.2) is 29.9 Å². The van der Waals surface area contributed by atoms with E-state index in [-0.39, 0.29) is 25.8 Å². The fraction of sp³-hybridized carbons (Fsp3) is 0.878. The average molecular weight is 975 g/mol. The summed E-state index contributed by atoms with van der Waals surface area (Å²) in [4.78, 5) is 62.3. The summed E-state index contributed by atoms with van der Waals surface area (Å²) in [5.41, 5.74) is 5.99. The van der Waals surface area contributed by atoms with Gasteiger partial charge < -0.3 is 88.4 Å². The standard InChI is InChI=1S/C39H64N4O17.C2HF3O2/c1-36(2,3)60-35(47)41-16-20-27-28(55-37(4,5)54-27)24(51-20)17(40)13-21(44)42-18(25-29-31(33(49-11)52-25)58-38(6,7)56-29)14-22(45)43-19(15-23(46)48-10)26-30-32(34(50-12)53-26)59-39(8,9)57-30;3-2(4,5)1(6)7/h17-20,24-34H,13-16,40H2,1-12H3,(H,41,47)(H,42,44)(H,43,45);(H,6,7)/t17-,18+,19-,20-,24-,25-,26-,27-,28+,29+,30+,31+,32+,33+,34+;/m1./s1. The SMILES string of the molecule is COC(=O)C[C@@H](NC(=O)C[C@H](NC(=O)C[C@@H](N)[C@H]1O[C@H](CNC(=O)OC(C)(C)C)[C@H]2OC(C)(C)O[C@@H]12)[C@H]1O[C@H](OC)[C@H]2OC(C)(C)O[C@H]21)[C@H]1O[C@H](OC)[C@H]2OC(C)(C)O[C@H]21.O=C(O)C(F)(F)F. The molecule has 23 nitrogen and oxygen atoms in total. The number of ether oxygens (including phenoxy) is 13. The summed E-state index contributed by atoms with van der Waals surface area (Å²) in [6.45, 7) is 15.8. The minimum absolute atomic E-state index is 0.0378. The van der Waals surface area contributed by atoms with Crippen molar-refractivity contribution in [2.45, 2.75) is 202 Å². The molecule has 6 aliphatic heterocycles. The number of halogens is 3. The van der Waals surface area contributed by atoms with Crippen LogP contribution in [0.25, 0.3) is 0 Å². The van der Waals surface area contributed by atoms with Crippen molar-refractivity contribution in [2.75, 3.05) is 27.9 Å². The van der Waals surface area contributed by atoms with E-state index in [2.05, 4.69) is 16.0 Å². The van der Waals surface area contributed by atoms with Crippen LogP contribution in [-0.4, -0.2) is 184 Å². The molecule has 6 aliphatic rings. The Morgan fingerprint density at radius 3 is 1.46 bits per heavy atom. The molecule has 0 spiro atoms. The molecule has 0 aromatic carbocycles. The maximum atomic E-state index is 14.2. The molecule has 0 unspecified atom stereocenters. The van der Waals surface area contributed by atoms with Crippen LogP contribution in [0, 0.1) is 0 Å². The van der Waals surface area contributed by atoms with Crippen LogP contribution < -0.4 is 21.7 Å². The van der Waals surface area contributed by atoms with Crippen LogP contribution in [0.15, 0.2) is 0 Å². The topological polar surface area (TPSA) is 288 Å². The summed E-state index contributed by atoms with van der Waals surface area (Å²) in [5, 5.41) is 15.7. The summed E-state index contributed by atoms with van der Waals surface area (Å²) in [6, 6.07) is -2.92. The first kappa shape index (κ1) is 54.4. The third-order valence-electron chi connectivity index (χ3n) is 11.2. The van der Waals surface area contributed by atoms with Crippen molar-refractivity contribution in [1.29, 1.82) is 0 Å². The van der Waals surface area contributed by atoms with Gasteiger partial charge in [0.05, 0.1) is 25.6 Å². The highest BCUT2D eigenvalue weighted by Crippen LogP contribution is 2.43. The molecule has 0 saturated carbocycles. The lowest BCUT2D eigenvalue weighted by molar-refractivity contribution is -0.230. The van der Waals surface area contributed by atoms with Crippen LogP contribution >= 0.6 is 0 Å². The molecular weight excluding hydrogens is 909 g/mol. The van der Waals surface area contributed by atoms with Gasteiger partial charge in [-0.25, -0.2) is 9.59 Å². The zero-order valence-corrected chi connectivity index (χ0v) is 39.5. The molecule has 6 heterocycles. The quantitative estimate of drug-likeness (QED) is 0.142. The third-order valence-corrected chi connectivity index (χ3v) is 11.2. The Balaban J connectivity index is 0.00000111. The number of carbonyl (C=O) groups excluding carboxylic acids is 4. The zero-order chi connectivity index (χ0) is 50.2. The van der Waals surface area contributed by atoms with Gasteiger partial charge in [-0.15, -0.1) is 0 Å². The number of esters is 1. The van der Waals surface area contributed by atoms with E-state index in [4.69, 9.17) is 77.2 Å². The second kappa shape index (κ2) is 20.8. The first-order chi connectivity index (χ1) is 30.9. The zero-order valence-electron chi connectivity index (χ0n) is 39.5. The second-order valence-corrected chi connectivity index (χ2v) is 19.1. The van der Waals surface area contributed by atoms with Crippen LogP contribution in [0.1, 0.15) is 81.6 Å². The van der Waals surface area contributed by atoms with Gasteiger partial charge in [-0.05, 0) is 62.3 Å². The monoisotopic (exact) mass is 974 g/mol. The van der Waals surface area contributed by atoms with Gasteiger partial charge in [-0.2, -0.15) is 13.2 Å². The molecule has 26 heteroatoms. The van der Waals surface area contributed by atoms with Crippen LogP contribution in [0.4, 0.5) is 18.0 Å². The maximum absolute atomic E-state index is 14.2. The van der Waals surface area contributed by atoms with Crippen molar-refractivity contribution in [3.05, 3.63) is 0 Å². The normalized spacial score (nSPS) is 34.6. The molecule has 3 amide bonds. The average Bonchev–Trinajstić information content (AvgIpc) is 4.00. The number of alkyl carbamates (subject to hydrolysis) is 1. The van der Waals surface area contributed by atoms with Gasteiger partial charge in [0.25, 0.3) is 0 Å². The third kappa shape index (κ3) is 13.8. The van der Waals surface area contributed by atoms with E-state index < -0.39 is 151 Å². The number of rotatable bonds is 15. The Bertz CT molecular complexity index is 1780. The Kier molecular flexibility index (Phi) is 16.9. The summed E-state index contributed by atoms with van der Waals surface area (Å²) in [5.74, 6) is -7.46. The minimum Gasteiger partial charge on any atom is -0.475 e. The number of carboxylic acids is 1. The number of hydrogen-bond donors (Lipinski definition) is 5. The Morgan fingerprint density at radius 1 is 0.642 bits per heavy atom. The molecule has 67 heavy (non-hydrogen) atoms. The molecule has 0 bridgehead atoms. The minimum atomic E-state index is -5.08. The first-order valence-electron chi connectivity index (χ1n) is 21.6. The van der Waals surface area contributed by atoms with Crippen LogP contribution in [0.2, 0.25) is 0 Å². The Hall–Kier alpha value is -3.54. The van der Waals surface area contributed by atoms with E-state index in [0.717, 1.165) is 0 Å².